The Bertz CT molecular complexity index is 1540. The van der Waals surface area contributed by atoms with E-state index in [4.69, 9.17) is 0 Å². The molecule has 0 saturated heterocycles. The molecule has 0 aromatic heterocycles. The summed E-state index contributed by atoms with van der Waals surface area (Å²) >= 11 is 0. The van der Waals surface area contributed by atoms with E-state index in [-0.39, 0.29) is 10.8 Å². The monoisotopic (exact) mass is 687 g/mol. The minimum absolute atomic E-state index is 0.0309. The normalized spacial score (nSPS) is 55.0. The second-order valence-corrected chi connectivity index (χ2v) is 25.3. The first-order chi connectivity index (χ1) is 24.5. The summed E-state index contributed by atoms with van der Waals surface area (Å²) in [5.41, 5.74) is 10.4. The lowest BCUT2D eigenvalue weighted by molar-refractivity contribution is -0.0298. The van der Waals surface area contributed by atoms with Gasteiger partial charge in [-0.05, 0) is 263 Å². The average Bonchev–Trinajstić information content (AvgIpc) is 3.01. The molecule has 0 heterocycles. The summed E-state index contributed by atoms with van der Waals surface area (Å²) in [6, 6.07) is 0. The minimum atomic E-state index is -0.0309. The summed E-state index contributed by atoms with van der Waals surface area (Å²) in [4.78, 5) is 0. The summed E-state index contributed by atoms with van der Waals surface area (Å²) in [5.74, 6) is 12.3. The Morgan fingerprint density at radius 1 is 0.333 bits per heavy atom. The zero-order chi connectivity index (χ0) is 33.9. The summed E-state index contributed by atoms with van der Waals surface area (Å²) in [6.07, 6.45) is 35.9. The quantitative estimate of drug-likeness (QED) is 0.334. The molecule has 16 bridgehead atoms. The second-order valence-electron chi connectivity index (χ2n) is 25.3. The molecule has 0 radical (unpaired) electrons. The molecular formula is C50H70O. The first-order valence-corrected chi connectivity index (χ1v) is 23.4. The topological polar surface area (TPSA) is 20.2 Å². The molecule has 0 atom stereocenters. The van der Waals surface area contributed by atoms with Crippen molar-refractivity contribution < 1.29 is 5.11 Å². The maximum Gasteiger partial charge on any atom is 0.123 e. The van der Waals surface area contributed by atoms with Crippen molar-refractivity contribution in [1.29, 1.82) is 0 Å². The van der Waals surface area contributed by atoms with Gasteiger partial charge in [-0.2, -0.15) is 0 Å². The zero-order valence-corrected chi connectivity index (χ0v) is 32.8. The molecule has 51 heavy (non-hydrogen) atoms. The van der Waals surface area contributed by atoms with Gasteiger partial charge in [-0.25, -0.2) is 0 Å². The number of hydrogen-bond donors (Lipinski definition) is 1. The molecule has 16 aliphatic carbocycles. The highest BCUT2D eigenvalue weighted by atomic mass is 16.3. The largest absolute Gasteiger partial charge is 0.507 e. The lowest BCUT2D eigenvalue weighted by Gasteiger charge is -2.65. The van der Waals surface area contributed by atoms with Crippen molar-refractivity contribution in [1.82, 2.24) is 0 Å². The van der Waals surface area contributed by atoms with Crippen LogP contribution in [0.5, 0.6) is 5.75 Å². The minimum Gasteiger partial charge on any atom is -0.507 e. The van der Waals surface area contributed by atoms with Gasteiger partial charge in [-0.3, -0.25) is 0 Å². The lowest BCUT2D eigenvalue weighted by atomic mass is 9.39. The molecule has 0 unspecified atom stereocenters. The van der Waals surface area contributed by atoms with Crippen molar-refractivity contribution in [2.24, 2.45) is 71.0 Å². The van der Waals surface area contributed by atoms with Crippen LogP contribution in [-0.4, -0.2) is 5.11 Å². The van der Waals surface area contributed by atoms with E-state index in [9.17, 15) is 5.11 Å². The van der Waals surface area contributed by atoms with Gasteiger partial charge in [-0.15, -0.1) is 0 Å². The van der Waals surface area contributed by atoms with Gasteiger partial charge in [0.05, 0.1) is 0 Å². The molecule has 1 N–H and O–H groups in total. The molecule has 1 nitrogen and oxygen atoms in total. The van der Waals surface area contributed by atoms with Crippen LogP contribution in [-0.2, 0) is 27.1 Å². The molecule has 17 rings (SSSR count). The van der Waals surface area contributed by atoms with Gasteiger partial charge in [0.2, 0.25) is 0 Å². The smallest absolute Gasteiger partial charge is 0.123 e. The zero-order valence-electron chi connectivity index (χ0n) is 32.8. The van der Waals surface area contributed by atoms with E-state index < -0.39 is 0 Å². The molecule has 1 aromatic carbocycles. The first kappa shape index (κ1) is 31.2. The fourth-order valence-electron chi connectivity index (χ4n) is 21.2. The lowest BCUT2D eigenvalue weighted by Crippen LogP contribution is -2.57. The number of rotatable bonds is 4. The summed E-state index contributed by atoms with van der Waals surface area (Å²) in [5, 5.41) is 14.0. The Morgan fingerprint density at radius 2 is 0.529 bits per heavy atom. The first-order valence-electron chi connectivity index (χ1n) is 23.4. The van der Waals surface area contributed by atoms with Crippen molar-refractivity contribution in [3.63, 3.8) is 0 Å². The molecule has 1 aromatic rings. The van der Waals surface area contributed by atoms with E-state index in [1.165, 1.54) is 140 Å². The average molecular weight is 687 g/mol. The number of phenols is 1. The van der Waals surface area contributed by atoms with Gasteiger partial charge in [-0.1, -0.05) is 20.8 Å². The van der Waals surface area contributed by atoms with Crippen LogP contribution >= 0.6 is 0 Å². The van der Waals surface area contributed by atoms with E-state index in [0.717, 1.165) is 76.8 Å². The van der Waals surface area contributed by atoms with Gasteiger partial charge >= 0.3 is 0 Å². The Morgan fingerprint density at radius 3 is 0.765 bits per heavy atom. The second kappa shape index (κ2) is 9.87. The predicted octanol–water partition coefficient (Wildman–Crippen LogP) is 12.6. The van der Waals surface area contributed by atoms with Crippen LogP contribution in [0, 0.1) is 71.0 Å². The van der Waals surface area contributed by atoms with Crippen LogP contribution in [0.4, 0.5) is 0 Å². The van der Waals surface area contributed by atoms with Crippen LogP contribution in [0.1, 0.15) is 203 Å². The fraction of sp³-hybridized carbons (Fsp3) is 0.880. The Kier molecular flexibility index (Phi) is 6.05. The van der Waals surface area contributed by atoms with E-state index in [1.807, 2.05) is 11.1 Å². The van der Waals surface area contributed by atoms with Crippen LogP contribution < -0.4 is 0 Å². The highest BCUT2D eigenvalue weighted by Gasteiger charge is 2.64. The van der Waals surface area contributed by atoms with Crippen LogP contribution in [0.3, 0.4) is 0 Å². The van der Waals surface area contributed by atoms with Crippen LogP contribution in [0.2, 0.25) is 0 Å². The number of phenolic OH excluding ortho intramolecular Hbond substituents is 1. The van der Waals surface area contributed by atoms with Crippen molar-refractivity contribution in [2.45, 2.75) is 202 Å². The van der Waals surface area contributed by atoms with Gasteiger partial charge in [0.1, 0.15) is 5.75 Å². The maximum absolute atomic E-state index is 14.0. The third kappa shape index (κ3) is 4.18. The van der Waals surface area contributed by atoms with E-state index in [2.05, 4.69) is 26.3 Å². The van der Waals surface area contributed by atoms with Crippen molar-refractivity contribution in [3.05, 3.63) is 27.8 Å². The van der Waals surface area contributed by atoms with Crippen molar-refractivity contribution in [3.8, 4) is 5.75 Å². The Labute approximate surface area is 310 Å². The van der Waals surface area contributed by atoms with E-state index >= 15 is 0 Å². The maximum atomic E-state index is 14.0. The fourth-order valence-corrected chi connectivity index (χ4v) is 21.2. The summed E-state index contributed by atoms with van der Waals surface area (Å²) < 4.78 is 0. The summed E-state index contributed by atoms with van der Waals surface area (Å²) in [7, 11) is 0. The summed E-state index contributed by atoms with van der Waals surface area (Å²) in [6.45, 7) is 7.68. The molecule has 16 aliphatic rings. The van der Waals surface area contributed by atoms with Gasteiger partial charge in [0.15, 0.2) is 0 Å². The number of hydrogen-bond acceptors (Lipinski definition) is 1. The molecule has 0 aliphatic heterocycles. The third-order valence-corrected chi connectivity index (χ3v) is 20.5. The molecular weight excluding hydrogens is 617 g/mol. The Hall–Kier alpha value is -0.980. The third-order valence-electron chi connectivity index (χ3n) is 20.5. The molecule has 1 heteroatoms. The standard InChI is InChI=1S/C50H70O/c1-46(2,3)43-41(48-19-31-7-32(20-48)9-33(8-31)21-48)40(47-16-28-4-29(17-47)6-30(5-28)18-47)42(49-22-34-10-35(23-49)12-36(11-34)24-49)44(45(43)51)50-25-37-13-38(26-50)15-39(14-37)27-50/h28-39,51H,4-27H2,1-3H3. The predicted molar refractivity (Wildman–Crippen MR) is 206 cm³/mol. The number of aromatic hydroxyl groups is 1. The molecule has 16 fully saturated rings. The van der Waals surface area contributed by atoms with E-state index in [1.54, 1.807) is 24.8 Å². The van der Waals surface area contributed by atoms with Gasteiger partial charge < -0.3 is 5.11 Å². The van der Waals surface area contributed by atoms with E-state index in [0.29, 0.717) is 16.2 Å². The number of benzene rings is 1. The molecule has 276 valence electrons. The SMILES string of the molecule is CC(C)(C)c1c(O)c(C23CC4CC(CC(C4)C2)C3)c(C23CC4CC(CC(C4)C2)C3)c(C23CC4CC(CC(C4)C2)C3)c1C12CC3CC(CC(C3)C1)C2. The molecule has 16 saturated carbocycles. The van der Waals surface area contributed by atoms with Crippen molar-refractivity contribution >= 4 is 0 Å². The molecule has 0 spiro atoms. The van der Waals surface area contributed by atoms with Gasteiger partial charge in [0.25, 0.3) is 0 Å². The van der Waals surface area contributed by atoms with Gasteiger partial charge in [0, 0.05) is 16.5 Å². The van der Waals surface area contributed by atoms with Crippen molar-refractivity contribution in [2.75, 3.05) is 0 Å². The highest BCUT2D eigenvalue weighted by Crippen LogP contribution is 2.74. The molecule has 0 amide bonds. The van der Waals surface area contributed by atoms with Crippen LogP contribution in [0.25, 0.3) is 0 Å². The van der Waals surface area contributed by atoms with Crippen LogP contribution in [0.15, 0.2) is 0 Å². The Balaban J connectivity index is 1.17. The highest BCUT2D eigenvalue weighted by molar-refractivity contribution is 5.68.